The second-order valence-corrected chi connectivity index (χ2v) is 5.72. The second kappa shape index (κ2) is 5.46. The van der Waals surface area contributed by atoms with Gasteiger partial charge < -0.3 is 10.4 Å². The molecule has 0 aliphatic carbocycles. The van der Waals surface area contributed by atoms with Crippen LogP contribution in [0.25, 0.3) is 0 Å². The van der Waals surface area contributed by atoms with Crippen molar-refractivity contribution >= 4 is 10.8 Å². The third kappa shape index (κ3) is 3.06. The lowest BCUT2D eigenvalue weighted by Crippen LogP contribution is -2.32. The van der Waals surface area contributed by atoms with Crippen molar-refractivity contribution in [3.63, 3.8) is 0 Å². The molecule has 2 unspecified atom stereocenters. The number of hydrogen-bond donors (Lipinski definition) is 2. The zero-order valence-corrected chi connectivity index (χ0v) is 10.0. The van der Waals surface area contributed by atoms with Crippen molar-refractivity contribution in [1.82, 2.24) is 5.32 Å². The molecule has 0 saturated carbocycles. The van der Waals surface area contributed by atoms with E-state index in [1.807, 2.05) is 6.07 Å². The third-order valence-electron chi connectivity index (χ3n) is 2.87. The summed E-state index contributed by atoms with van der Waals surface area (Å²) in [5.74, 6) is 1.38. The van der Waals surface area contributed by atoms with E-state index in [9.17, 15) is 9.32 Å². The smallest absolute Gasteiger partial charge is 0.116 e. The van der Waals surface area contributed by atoms with Crippen LogP contribution in [-0.2, 0) is 10.8 Å². The van der Waals surface area contributed by atoms with Gasteiger partial charge in [0.15, 0.2) is 0 Å². The van der Waals surface area contributed by atoms with E-state index in [0.29, 0.717) is 11.7 Å². The molecule has 1 fully saturated rings. The molecule has 2 rings (SSSR count). The zero-order chi connectivity index (χ0) is 11.4. The van der Waals surface area contributed by atoms with Crippen LogP contribution in [0.1, 0.15) is 12.8 Å². The van der Waals surface area contributed by atoms with Crippen LogP contribution in [-0.4, -0.2) is 28.2 Å². The molecule has 1 aliphatic rings. The molecule has 1 saturated heterocycles. The largest absolute Gasteiger partial charge is 0.508 e. The molecule has 1 aromatic carbocycles. The monoisotopic (exact) mass is 239 g/mol. The molecule has 0 amide bonds. The van der Waals surface area contributed by atoms with Gasteiger partial charge in [-0.3, -0.25) is 4.21 Å². The maximum atomic E-state index is 12.0. The summed E-state index contributed by atoms with van der Waals surface area (Å²) < 4.78 is 12.0. The van der Waals surface area contributed by atoms with E-state index in [1.54, 1.807) is 18.2 Å². The quantitative estimate of drug-likeness (QED) is 0.840. The highest BCUT2D eigenvalue weighted by Crippen LogP contribution is 2.18. The van der Waals surface area contributed by atoms with Crippen LogP contribution in [0.5, 0.6) is 5.75 Å². The summed E-state index contributed by atoms with van der Waals surface area (Å²) in [4.78, 5) is 0.727. The molecule has 4 heteroatoms. The Morgan fingerprint density at radius 1 is 1.50 bits per heavy atom. The highest BCUT2D eigenvalue weighted by Gasteiger charge is 2.16. The summed E-state index contributed by atoms with van der Waals surface area (Å²) in [5, 5.41) is 12.6. The number of phenols is 1. The minimum Gasteiger partial charge on any atom is -0.508 e. The Balaban J connectivity index is 1.97. The van der Waals surface area contributed by atoms with Crippen molar-refractivity contribution in [3.8, 4) is 5.75 Å². The number of hydrogen-bond acceptors (Lipinski definition) is 3. The molecular weight excluding hydrogens is 222 g/mol. The van der Waals surface area contributed by atoms with Gasteiger partial charge in [0, 0.05) is 10.6 Å². The number of rotatable bonds is 3. The fourth-order valence-corrected chi connectivity index (χ4v) is 3.39. The van der Waals surface area contributed by atoms with E-state index in [-0.39, 0.29) is 5.75 Å². The van der Waals surface area contributed by atoms with Crippen LogP contribution in [0.3, 0.4) is 0 Å². The summed E-state index contributed by atoms with van der Waals surface area (Å²) in [7, 11) is -0.991. The Bertz CT molecular complexity index is 375. The van der Waals surface area contributed by atoms with Crippen molar-refractivity contribution in [3.05, 3.63) is 24.3 Å². The lowest BCUT2D eigenvalue weighted by atomic mass is 10.0. The van der Waals surface area contributed by atoms with Crippen LogP contribution in [0.4, 0.5) is 0 Å². The van der Waals surface area contributed by atoms with Crippen LogP contribution >= 0.6 is 0 Å². The Morgan fingerprint density at radius 2 is 2.38 bits per heavy atom. The van der Waals surface area contributed by atoms with E-state index < -0.39 is 10.8 Å². The van der Waals surface area contributed by atoms with E-state index in [1.165, 1.54) is 6.42 Å². The maximum absolute atomic E-state index is 12.0. The van der Waals surface area contributed by atoms with Gasteiger partial charge in [0.05, 0.1) is 10.8 Å². The number of benzene rings is 1. The maximum Gasteiger partial charge on any atom is 0.116 e. The van der Waals surface area contributed by atoms with Gasteiger partial charge in [-0.15, -0.1) is 0 Å². The number of phenolic OH excluding ortho intramolecular Hbond substituents is 1. The van der Waals surface area contributed by atoms with Gasteiger partial charge in [-0.05, 0) is 50.0 Å². The van der Waals surface area contributed by atoms with Crippen LogP contribution in [0, 0.1) is 5.92 Å². The van der Waals surface area contributed by atoms with Gasteiger partial charge in [-0.1, -0.05) is 6.07 Å². The number of piperidine rings is 1. The highest BCUT2D eigenvalue weighted by atomic mass is 32.2. The van der Waals surface area contributed by atoms with Gasteiger partial charge in [0.25, 0.3) is 0 Å². The van der Waals surface area contributed by atoms with Gasteiger partial charge >= 0.3 is 0 Å². The van der Waals surface area contributed by atoms with Crippen LogP contribution in [0.2, 0.25) is 0 Å². The van der Waals surface area contributed by atoms with Crippen LogP contribution in [0.15, 0.2) is 29.2 Å². The Morgan fingerprint density at radius 3 is 3.06 bits per heavy atom. The Labute approximate surface area is 98.3 Å². The van der Waals surface area contributed by atoms with E-state index in [0.717, 1.165) is 24.4 Å². The van der Waals surface area contributed by atoms with Gasteiger partial charge in [-0.2, -0.15) is 0 Å². The standard InChI is InChI=1S/C12H17NO2S/c14-11-4-1-5-12(7-11)16(15)9-10-3-2-6-13-8-10/h1,4-5,7,10,13-14H,2-3,6,8-9H2. The topological polar surface area (TPSA) is 49.3 Å². The van der Waals surface area contributed by atoms with Crippen molar-refractivity contribution in [1.29, 1.82) is 0 Å². The zero-order valence-electron chi connectivity index (χ0n) is 9.19. The molecule has 16 heavy (non-hydrogen) atoms. The lowest BCUT2D eigenvalue weighted by Gasteiger charge is -2.22. The molecule has 1 heterocycles. The van der Waals surface area contributed by atoms with E-state index >= 15 is 0 Å². The highest BCUT2D eigenvalue weighted by molar-refractivity contribution is 7.85. The molecule has 0 radical (unpaired) electrons. The summed E-state index contributed by atoms with van der Waals surface area (Å²) in [5.41, 5.74) is 0. The summed E-state index contributed by atoms with van der Waals surface area (Å²) in [6.07, 6.45) is 2.32. The second-order valence-electron chi connectivity index (χ2n) is 4.22. The van der Waals surface area contributed by atoms with Crippen molar-refractivity contribution in [2.75, 3.05) is 18.8 Å². The molecule has 3 nitrogen and oxygen atoms in total. The molecule has 2 atom stereocenters. The van der Waals surface area contributed by atoms with Crippen LogP contribution < -0.4 is 5.32 Å². The summed E-state index contributed by atoms with van der Waals surface area (Å²) >= 11 is 0. The van der Waals surface area contributed by atoms with Gasteiger partial charge in [-0.25, -0.2) is 0 Å². The first-order valence-corrected chi connectivity index (χ1v) is 6.96. The molecule has 1 aromatic rings. The fourth-order valence-electron chi connectivity index (χ4n) is 2.00. The molecule has 88 valence electrons. The minimum atomic E-state index is -0.991. The lowest BCUT2D eigenvalue weighted by molar-refractivity contribution is 0.408. The van der Waals surface area contributed by atoms with Crippen molar-refractivity contribution in [2.45, 2.75) is 17.7 Å². The Hall–Kier alpha value is -0.870. The summed E-state index contributed by atoms with van der Waals surface area (Å²) in [6, 6.07) is 6.74. The normalized spacial score (nSPS) is 22.9. The first-order chi connectivity index (χ1) is 7.75. The SMILES string of the molecule is O=S(CC1CCCNC1)c1cccc(O)c1. The third-order valence-corrected chi connectivity index (χ3v) is 4.42. The minimum absolute atomic E-state index is 0.188. The van der Waals surface area contributed by atoms with Gasteiger partial charge in [0.1, 0.15) is 5.75 Å². The van der Waals surface area contributed by atoms with E-state index in [2.05, 4.69) is 5.32 Å². The molecule has 0 bridgehead atoms. The predicted octanol–water partition coefficient (Wildman–Crippen LogP) is 1.50. The first kappa shape index (κ1) is 11.6. The fraction of sp³-hybridized carbons (Fsp3) is 0.500. The molecule has 2 N–H and O–H groups in total. The van der Waals surface area contributed by atoms with Crippen molar-refractivity contribution < 1.29 is 9.32 Å². The van der Waals surface area contributed by atoms with Gasteiger partial charge in [0.2, 0.25) is 0 Å². The Kier molecular flexibility index (Phi) is 3.96. The van der Waals surface area contributed by atoms with Crippen molar-refractivity contribution in [2.24, 2.45) is 5.92 Å². The first-order valence-electron chi connectivity index (χ1n) is 5.64. The molecular formula is C12H17NO2S. The molecule has 0 aromatic heterocycles. The average molecular weight is 239 g/mol. The number of nitrogens with one attached hydrogen (secondary N) is 1. The average Bonchev–Trinajstić information content (AvgIpc) is 2.30. The summed E-state index contributed by atoms with van der Waals surface area (Å²) in [6.45, 7) is 2.04. The molecule has 0 spiro atoms. The van der Waals surface area contributed by atoms with E-state index in [4.69, 9.17) is 0 Å². The molecule has 1 aliphatic heterocycles. The number of aromatic hydroxyl groups is 1. The predicted molar refractivity (Wildman–Crippen MR) is 65.0 cm³/mol.